The second kappa shape index (κ2) is 11.6. The van der Waals surface area contributed by atoms with Crippen LogP contribution in [0.1, 0.15) is 53.3 Å². The number of hydrogen-bond donors (Lipinski definition) is 5. The van der Waals surface area contributed by atoms with E-state index in [1.807, 2.05) is 0 Å². The van der Waals surface area contributed by atoms with E-state index < -0.39 is 49.6 Å². The molecule has 5 heterocycles. The number of amides is 3. The molecule has 6 atom stereocenters. The Kier molecular flexibility index (Phi) is 8.01. The number of hydrogen-bond acceptors (Lipinski definition) is 7. The van der Waals surface area contributed by atoms with Gasteiger partial charge in [0, 0.05) is 29.7 Å². The second-order valence-corrected chi connectivity index (χ2v) is 13.9. The van der Waals surface area contributed by atoms with Gasteiger partial charge in [-0.25, -0.2) is 13.8 Å². The summed E-state index contributed by atoms with van der Waals surface area (Å²) >= 11 is 1.11. The molecule has 0 aliphatic carbocycles. The fourth-order valence-corrected chi connectivity index (χ4v) is 7.77. The standard InChI is InChI=1S/C27H31F2N6O6PS/c28-17-12-34(27-30-8-9-31-27)13-19(17)33-24(36)20-6-5-16-2-1-3-18(26(38)35(16)20)32-25(37)22-11-15-10-14(4-7-21(15)43-22)23(29)42(39,40)41/h4,7-11,16-20,23H,1-3,5-6,12-13H2,(H,30,31)(H,32,37)(H,33,36)(H2,39,40,41)/t16-,17-,18-,19-,20?,23+/m0/s1. The maximum Gasteiger partial charge on any atom is 0.363 e. The fourth-order valence-electron chi connectivity index (χ4n) is 6.28. The monoisotopic (exact) mass is 636 g/mol. The van der Waals surface area contributed by atoms with Crippen LogP contribution in [-0.4, -0.2) is 85.8 Å². The molecule has 3 aliphatic heterocycles. The highest BCUT2D eigenvalue weighted by Gasteiger charge is 2.46. The van der Waals surface area contributed by atoms with E-state index in [1.165, 1.54) is 24.3 Å². The number of nitrogens with one attached hydrogen (secondary N) is 3. The average Bonchev–Trinajstić information content (AvgIpc) is 3.76. The molecular formula is C27H31F2N6O6PS. The van der Waals surface area contributed by atoms with Gasteiger partial charge in [-0.3, -0.25) is 18.9 Å². The number of carbonyl (C=O) groups excluding carboxylic acids is 3. The van der Waals surface area contributed by atoms with Crippen LogP contribution in [0.3, 0.4) is 0 Å². The highest BCUT2D eigenvalue weighted by atomic mass is 32.1. The van der Waals surface area contributed by atoms with E-state index in [4.69, 9.17) is 0 Å². The summed E-state index contributed by atoms with van der Waals surface area (Å²) in [5.74, 6) is -3.25. The van der Waals surface area contributed by atoms with Gasteiger partial charge in [-0.05, 0) is 61.3 Å². The number of anilines is 1. The molecule has 3 amide bonds. The Morgan fingerprint density at radius 3 is 2.70 bits per heavy atom. The molecule has 3 fully saturated rings. The molecule has 5 N–H and O–H groups in total. The summed E-state index contributed by atoms with van der Waals surface area (Å²) in [6.45, 7) is 0.324. The van der Waals surface area contributed by atoms with Crippen LogP contribution in [0.5, 0.6) is 0 Å². The van der Waals surface area contributed by atoms with Crippen LogP contribution in [0.25, 0.3) is 10.1 Å². The van der Waals surface area contributed by atoms with Crippen molar-refractivity contribution in [2.75, 3.05) is 18.0 Å². The van der Waals surface area contributed by atoms with E-state index >= 15 is 0 Å². The SMILES string of the molecule is O=C(N[C@H]1CCC[C@H]2CCC(C(=O)N[C@H]3CN(c4ncc[nH]4)C[C@@H]3F)N2C1=O)c1cc2cc([C@H](F)P(=O)(O)O)ccc2s1. The molecular weight excluding hydrogens is 605 g/mol. The summed E-state index contributed by atoms with van der Waals surface area (Å²) in [4.78, 5) is 69.3. The number of carbonyl (C=O) groups is 3. The normalized spacial score (nSPS) is 26.8. The Morgan fingerprint density at radius 1 is 1.14 bits per heavy atom. The Morgan fingerprint density at radius 2 is 1.95 bits per heavy atom. The Labute approximate surface area is 249 Å². The highest BCUT2D eigenvalue weighted by Crippen LogP contribution is 2.53. The largest absolute Gasteiger partial charge is 0.363 e. The zero-order chi connectivity index (χ0) is 30.5. The molecule has 230 valence electrons. The molecule has 12 nitrogen and oxygen atoms in total. The Balaban J connectivity index is 1.13. The Bertz CT molecular complexity index is 1580. The topological polar surface area (TPSA) is 168 Å². The van der Waals surface area contributed by atoms with Crippen molar-refractivity contribution in [3.05, 3.63) is 47.1 Å². The summed E-state index contributed by atoms with van der Waals surface area (Å²) in [7, 11) is -4.99. The van der Waals surface area contributed by atoms with Gasteiger partial charge in [0.1, 0.15) is 18.3 Å². The molecule has 6 rings (SSSR count). The number of thiophene rings is 1. The lowest BCUT2D eigenvalue weighted by atomic mass is 10.1. The van der Waals surface area contributed by atoms with Gasteiger partial charge in [-0.15, -0.1) is 11.3 Å². The second-order valence-electron chi connectivity index (χ2n) is 11.2. The minimum Gasteiger partial charge on any atom is -0.347 e. The van der Waals surface area contributed by atoms with Gasteiger partial charge in [-0.1, -0.05) is 6.07 Å². The number of benzene rings is 1. The van der Waals surface area contributed by atoms with Crippen molar-refractivity contribution in [3.8, 4) is 0 Å². The minimum atomic E-state index is -4.99. The lowest BCUT2D eigenvalue weighted by Gasteiger charge is -2.31. The van der Waals surface area contributed by atoms with E-state index in [9.17, 15) is 37.5 Å². The van der Waals surface area contributed by atoms with Gasteiger partial charge in [0.2, 0.25) is 23.7 Å². The van der Waals surface area contributed by atoms with E-state index in [0.717, 1.165) is 11.3 Å². The molecule has 0 radical (unpaired) electrons. The van der Waals surface area contributed by atoms with Crippen LogP contribution in [-0.2, 0) is 14.2 Å². The summed E-state index contributed by atoms with van der Waals surface area (Å²) < 4.78 is 41.0. The predicted molar refractivity (Wildman–Crippen MR) is 154 cm³/mol. The summed E-state index contributed by atoms with van der Waals surface area (Å²) in [5.41, 5.74) is -0.195. The summed E-state index contributed by atoms with van der Waals surface area (Å²) in [6.07, 6.45) is 4.71. The maximum atomic E-state index is 14.8. The van der Waals surface area contributed by atoms with Crippen molar-refractivity contribution < 1.29 is 37.5 Å². The maximum absolute atomic E-state index is 14.8. The van der Waals surface area contributed by atoms with Crippen molar-refractivity contribution in [3.63, 3.8) is 0 Å². The number of halogens is 2. The number of H-pyrrole nitrogens is 1. The molecule has 0 saturated carbocycles. The van der Waals surface area contributed by atoms with Crippen molar-refractivity contribution >= 4 is 52.7 Å². The zero-order valence-corrected chi connectivity index (χ0v) is 24.6. The first-order chi connectivity index (χ1) is 20.5. The van der Waals surface area contributed by atoms with E-state index in [0.29, 0.717) is 48.1 Å². The number of imidazole rings is 1. The van der Waals surface area contributed by atoms with Crippen LogP contribution in [0.2, 0.25) is 0 Å². The third-order valence-electron chi connectivity index (χ3n) is 8.39. The van der Waals surface area contributed by atoms with Crippen molar-refractivity contribution in [1.29, 1.82) is 0 Å². The van der Waals surface area contributed by atoms with Crippen LogP contribution in [0.15, 0.2) is 36.7 Å². The molecule has 3 aliphatic rings. The van der Waals surface area contributed by atoms with Gasteiger partial charge in [-0.2, -0.15) is 0 Å². The van der Waals surface area contributed by atoms with Gasteiger partial charge in [0.05, 0.1) is 17.5 Å². The third-order valence-corrected chi connectivity index (χ3v) is 10.4. The minimum absolute atomic E-state index is 0.0829. The first-order valence-corrected chi connectivity index (χ1v) is 16.5. The smallest absolute Gasteiger partial charge is 0.347 e. The zero-order valence-electron chi connectivity index (χ0n) is 22.9. The average molecular weight is 637 g/mol. The van der Waals surface area contributed by atoms with Gasteiger partial charge in [0.25, 0.3) is 5.91 Å². The first-order valence-electron chi connectivity index (χ1n) is 14.0. The molecule has 0 spiro atoms. The van der Waals surface area contributed by atoms with E-state index in [1.54, 1.807) is 22.2 Å². The molecule has 1 aromatic carbocycles. The number of alkyl halides is 2. The van der Waals surface area contributed by atoms with Crippen LogP contribution in [0, 0.1) is 0 Å². The summed E-state index contributed by atoms with van der Waals surface area (Å²) in [5, 5.41) is 6.04. The van der Waals surface area contributed by atoms with E-state index in [-0.39, 0.29) is 35.5 Å². The van der Waals surface area contributed by atoms with Gasteiger partial charge >= 0.3 is 7.60 Å². The van der Waals surface area contributed by atoms with Gasteiger partial charge < -0.3 is 35.2 Å². The van der Waals surface area contributed by atoms with Crippen molar-refractivity contribution in [2.45, 2.75) is 68.4 Å². The van der Waals surface area contributed by atoms with E-state index in [2.05, 4.69) is 20.6 Å². The molecule has 43 heavy (non-hydrogen) atoms. The lowest BCUT2D eigenvalue weighted by Crippen LogP contribution is -2.56. The first kappa shape index (κ1) is 29.7. The number of nitrogens with zero attached hydrogens (tertiary/aromatic N) is 3. The molecule has 2 aromatic heterocycles. The van der Waals surface area contributed by atoms with Crippen LogP contribution < -0.4 is 15.5 Å². The summed E-state index contributed by atoms with van der Waals surface area (Å²) in [6, 6.07) is 2.99. The van der Waals surface area contributed by atoms with Crippen LogP contribution in [0.4, 0.5) is 14.7 Å². The molecule has 1 unspecified atom stereocenters. The molecule has 3 aromatic rings. The quantitative estimate of drug-likeness (QED) is 0.247. The molecule has 16 heteroatoms. The van der Waals surface area contributed by atoms with Gasteiger partial charge in [0.15, 0.2) is 0 Å². The number of fused-ring (bicyclic) bond motifs is 2. The molecule has 0 bridgehead atoms. The lowest BCUT2D eigenvalue weighted by molar-refractivity contribution is -0.141. The Hall–Kier alpha value is -3.39. The fraction of sp³-hybridized carbons (Fsp3) is 0.481. The third kappa shape index (κ3) is 5.91. The number of aromatic amines is 1. The number of aromatic nitrogens is 2. The number of rotatable bonds is 7. The van der Waals surface area contributed by atoms with Crippen molar-refractivity contribution in [1.82, 2.24) is 25.5 Å². The predicted octanol–water partition coefficient (Wildman–Crippen LogP) is 2.76. The highest BCUT2D eigenvalue weighted by molar-refractivity contribution is 7.51. The van der Waals surface area contributed by atoms with Crippen LogP contribution >= 0.6 is 18.9 Å². The van der Waals surface area contributed by atoms with Crippen molar-refractivity contribution in [2.24, 2.45) is 0 Å². The molecule has 3 saturated heterocycles.